The van der Waals surface area contributed by atoms with E-state index >= 15 is 0 Å². The summed E-state index contributed by atoms with van der Waals surface area (Å²) in [6.07, 6.45) is 0. The lowest BCUT2D eigenvalue weighted by molar-refractivity contribution is -0.145. The molecule has 2 aromatic heterocycles. The number of nitrogens with zero attached hydrogens (tertiary/aromatic N) is 2. The van der Waals surface area contributed by atoms with Gasteiger partial charge >= 0.3 is 11.7 Å². The van der Waals surface area contributed by atoms with Crippen LogP contribution in [-0.2, 0) is 22.7 Å². The molecule has 8 nitrogen and oxygen atoms in total. The van der Waals surface area contributed by atoms with Crippen molar-refractivity contribution >= 4 is 16.9 Å². The summed E-state index contributed by atoms with van der Waals surface area (Å²) in [4.78, 5) is 43.0. The molecule has 1 N–H and O–H groups in total. The molecule has 29 heavy (non-hydrogen) atoms. The lowest BCUT2D eigenvalue weighted by Crippen LogP contribution is -2.32. The number of hydrogen-bond donors (Lipinski definition) is 1. The van der Waals surface area contributed by atoms with E-state index in [-0.39, 0.29) is 13.2 Å². The Balaban J connectivity index is 1.51. The first kappa shape index (κ1) is 18.4. The fourth-order valence-electron chi connectivity index (χ4n) is 2.99. The monoisotopic (exact) mass is 391 g/mol. The molecule has 0 bridgehead atoms. The van der Waals surface area contributed by atoms with E-state index in [0.717, 1.165) is 5.56 Å². The van der Waals surface area contributed by atoms with Gasteiger partial charge < -0.3 is 9.15 Å². The second-order valence-corrected chi connectivity index (χ2v) is 6.41. The third-order valence-corrected chi connectivity index (χ3v) is 4.48. The Labute approximate surface area is 164 Å². The van der Waals surface area contributed by atoms with Crippen molar-refractivity contribution in [1.29, 1.82) is 0 Å². The molecule has 0 fully saturated rings. The standard InChI is InChI=1S/C21H17N3O5/c1-13-16(22-20(29-13)14-7-3-2-4-8-14)12-28-18(25)11-24-17-10-6-5-9-15(17)19(26)23-21(24)27/h2-10H,11-12H2,1H3,(H,23,26,27). The smallest absolute Gasteiger partial charge is 0.329 e. The first-order valence-electron chi connectivity index (χ1n) is 8.92. The predicted molar refractivity (Wildman–Crippen MR) is 105 cm³/mol. The van der Waals surface area contributed by atoms with Crippen LogP contribution < -0.4 is 11.2 Å². The quantitative estimate of drug-likeness (QED) is 0.524. The molecular weight excluding hydrogens is 374 g/mol. The number of carbonyl (C=O) groups is 1. The second kappa shape index (κ2) is 7.59. The number of oxazole rings is 1. The Morgan fingerprint density at radius 3 is 2.62 bits per heavy atom. The van der Waals surface area contributed by atoms with Gasteiger partial charge in [-0.15, -0.1) is 0 Å². The number of nitrogens with one attached hydrogen (secondary N) is 1. The third-order valence-electron chi connectivity index (χ3n) is 4.48. The van der Waals surface area contributed by atoms with Gasteiger partial charge in [-0.05, 0) is 31.2 Å². The minimum absolute atomic E-state index is 0.0863. The molecule has 0 aliphatic heterocycles. The molecule has 146 valence electrons. The minimum Gasteiger partial charge on any atom is -0.458 e. The highest BCUT2D eigenvalue weighted by Crippen LogP contribution is 2.21. The van der Waals surface area contributed by atoms with E-state index in [9.17, 15) is 14.4 Å². The maximum Gasteiger partial charge on any atom is 0.329 e. The highest BCUT2D eigenvalue weighted by molar-refractivity contribution is 5.79. The van der Waals surface area contributed by atoms with Crippen LogP contribution in [-0.4, -0.2) is 20.5 Å². The van der Waals surface area contributed by atoms with Gasteiger partial charge in [0.05, 0.1) is 10.9 Å². The number of hydrogen-bond acceptors (Lipinski definition) is 6. The summed E-state index contributed by atoms with van der Waals surface area (Å²) >= 11 is 0. The number of para-hydroxylation sites is 1. The summed E-state index contributed by atoms with van der Waals surface area (Å²) in [5, 5.41) is 0.319. The number of H-pyrrole nitrogens is 1. The molecular formula is C21H17N3O5. The van der Waals surface area contributed by atoms with Crippen LogP contribution in [0.5, 0.6) is 0 Å². The number of benzene rings is 2. The van der Waals surface area contributed by atoms with Crippen LogP contribution >= 0.6 is 0 Å². The second-order valence-electron chi connectivity index (χ2n) is 6.41. The maximum atomic E-state index is 12.3. The van der Waals surface area contributed by atoms with Gasteiger partial charge in [0.2, 0.25) is 5.89 Å². The molecule has 8 heteroatoms. The van der Waals surface area contributed by atoms with Gasteiger partial charge in [0, 0.05) is 5.56 Å². The van der Waals surface area contributed by atoms with Crippen LogP contribution in [0.3, 0.4) is 0 Å². The number of aryl methyl sites for hydroxylation is 1. The molecule has 0 amide bonds. The largest absolute Gasteiger partial charge is 0.458 e. The average molecular weight is 391 g/mol. The molecule has 0 saturated heterocycles. The van der Waals surface area contributed by atoms with Crippen molar-refractivity contribution in [2.45, 2.75) is 20.1 Å². The molecule has 0 atom stereocenters. The van der Waals surface area contributed by atoms with Crippen LogP contribution in [0.4, 0.5) is 0 Å². The Kier molecular flexibility index (Phi) is 4.82. The summed E-state index contributed by atoms with van der Waals surface area (Å²) in [6, 6.07) is 15.9. The molecule has 0 unspecified atom stereocenters. The zero-order valence-electron chi connectivity index (χ0n) is 15.5. The van der Waals surface area contributed by atoms with Crippen LogP contribution in [0.2, 0.25) is 0 Å². The normalized spacial score (nSPS) is 10.9. The number of carbonyl (C=O) groups excluding carboxylic acids is 1. The van der Waals surface area contributed by atoms with Crippen molar-refractivity contribution in [3.8, 4) is 11.5 Å². The van der Waals surface area contributed by atoms with Gasteiger partial charge in [-0.3, -0.25) is 19.1 Å². The zero-order valence-corrected chi connectivity index (χ0v) is 15.5. The topological polar surface area (TPSA) is 107 Å². The lowest BCUT2D eigenvalue weighted by atomic mass is 10.2. The zero-order chi connectivity index (χ0) is 20.4. The fraction of sp³-hybridized carbons (Fsp3) is 0.143. The summed E-state index contributed by atoms with van der Waals surface area (Å²) in [5.74, 6) is 0.355. The predicted octanol–water partition coefficient (Wildman–Crippen LogP) is 2.40. The number of aromatic nitrogens is 3. The summed E-state index contributed by atoms with van der Waals surface area (Å²) in [5.41, 5.74) is 0.508. The molecule has 4 aromatic rings. The van der Waals surface area contributed by atoms with Gasteiger partial charge in [-0.2, -0.15) is 0 Å². The van der Waals surface area contributed by atoms with E-state index in [2.05, 4.69) is 9.97 Å². The van der Waals surface area contributed by atoms with E-state index in [1.807, 2.05) is 30.3 Å². The number of aromatic amines is 1. The molecule has 0 spiro atoms. The van der Waals surface area contributed by atoms with Crippen molar-refractivity contribution in [3.05, 3.63) is 86.9 Å². The molecule has 0 aliphatic carbocycles. The Morgan fingerprint density at radius 2 is 1.83 bits per heavy atom. The molecule has 2 heterocycles. The van der Waals surface area contributed by atoms with Crippen molar-refractivity contribution in [3.63, 3.8) is 0 Å². The highest BCUT2D eigenvalue weighted by Gasteiger charge is 2.15. The molecule has 0 aliphatic rings. The van der Waals surface area contributed by atoms with Crippen LogP contribution in [0.15, 0.2) is 68.6 Å². The van der Waals surface area contributed by atoms with E-state index in [1.54, 1.807) is 31.2 Å². The van der Waals surface area contributed by atoms with Gasteiger partial charge in [0.15, 0.2) is 0 Å². The number of rotatable bonds is 5. The fourth-order valence-corrected chi connectivity index (χ4v) is 2.99. The van der Waals surface area contributed by atoms with E-state index in [4.69, 9.17) is 9.15 Å². The summed E-state index contributed by atoms with van der Waals surface area (Å²) < 4.78 is 12.1. The summed E-state index contributed by atoms with van der Waals surface area (Å²) in [6.45, 7) is 1.32. The van der Waals surface area contributed by atoms with Crippen molar-refractivity contribution < 1.29 is 13.9 Å². The van der Waals surface area contributed by atoms with E-state index < -0.39 is 17.2 Å². The number of fused-ring (bicyclic) bond motifs is 1. The van der Waals surface area contributed by atoms with Crippen LogP contribution in [0.1, 0.15) is 11.5 Å². The summed E-state index contributed by atoms with van der Waals surface area (Å²) in [7, 11) is 0. The van der Waals surface area contributed by atoms with Crippen molar-refractivity contribution in [2.75, 3.05) is 0 Å². The van der Waals surface area contributed by atoms with Gasteiger partial charge in [0.1, 0.15) is 24.6 Å². The highest BCUT2D eigenvalue weighted by atomic mass is 16.5. The Morgan fingerprint density at radius 1 is 1.10 bits per heavy atom. The Hall–Kier alpha value is -3.94. The SMILES string of the molecule is Cc1oc(-c2ccccc2)nc1COC(=O)Cn1c(=O)[nH]c(=O)c2ccccc21. The van der Waals surface area contributed by atoms with Crippen molar-refractivity contribution in [1.82, 2.24) is 14.5 Å². The lowest BCUT2D eigenvalue weighted by Gasteiger charge is -2.09. The number of ether oxygens (including phenoxy) is 1. The van der Waals surface area contributed by atoms with E-state index in [0.29, 0.717) is 28.2 Å². The molecule has 0 radical (unpaired) electrons. The van der Waals surface area contributed by atoms with Crippen LogP contribution in [0, 0.1) is 6.92 Å². The van der Waals surface area contributed by atoms with E-state index in [1.165, 1.54) is 4.57 Å². The molecule has 0 saturated carbocycles. The third kappa shape index (κ3) is 3.73. The van der Waals surface area contributed by atoms with Gasteiger partial charge in [-0.1, -0.05) is 30.3 Å². The minimum atomic E-state index is -0.672. The molecule has 2 aromatic carbocycles. The molecule has 4 rings (SSSR count). The van der Waals surface area contributed by atoms with Gasteiger partial charge in [-0.25, -0.2) is 9.78 Å². The Bertz CT molecular complexity index is 1300. The first-order chi connectivity index (χ1) is 14.0. The van der Waals surface area contributed by atoms with Crippen molar-refractivity contribution in [2.24, 2.45) is 0 Å². The number of esters is 1. The first-order valence-corrected chi connectivity index (χ1v) is 8.92. The average Bonchev–Trinajstić information content (AvgIpc) is 3.11. The van der Waals surface area contributed by atoms with Crippen LogP contribution in [0.25, 0.3) is 22.4 Å². The maximum absolute atomic E-state index is 12.3. The van der Waals surface area contributed by atoms with Gasteiger partial charge in [0.25, 0.3) is 5.56 Å².